The molecule has 0 amide bonds. The first-order valence-electron chi connectivity index (χ1n) is 7.48. The van der Waals surface area contributed by atoms with Gasteiger partial charge in [-0.15, -0.1) is 46.4 Å². The Bertz CT molecular complexity index is 803. The molecular formula is C14H8Cl8O4. The first kappa shape index (κ1) is 19.6. The molecule has 2 saturated heterocycles. The molecule has 4 atom stereocenters. The third-order valence-electron chi connectivity index (χ3n) is 5.75. The summed E-state index contributed by atoms with van der Waals surface area (Å²) in [7, 11) is 0. The lowest BCUT2D eigenvalue weighted by Gasteiger charge is -2.50. The molecule has 144 valence electrons. The fraction of sp³-hybridized carbons (Fsp3) is 0.714. The molecule has 1 saturated carbocycles. The van der Waals surface area contributed by atoms with Gasteiger partial charge in [-0.25, -0.2) is 0 Å². The molecule has 26 heavy (non-hydrogen) atoms. The topological polar surface area (TPSA) is 36.9 Å². The van der Waals surface area contributed by atoms with Crippen molar-refractivity contribution in [3.05, 3.63) is 20.1 Å². The van der Waals surface area contributed by atoms with Crippen LogP contribution in [0.25, 0.3) is 0 Å². The van der Waals surface area contributed by atoms with E-state index in [1.54, 1.807) is 0 Å². The van der Waals surface area contributed by atoms with E-state index in [9.17, 15) is 0 Å². The molecule has 0 aromatic carbocycles. The van der Waals surface area contributed by atoms with Crippen molar-refractivity contribution in [1.82, 2.24) is 0 Å². The largest absolute Gasteiger partial charge is 0.344 e. The highest BCUT2D eigenvalue weighted by molar-refractivity contribution is 6.63. The average molecular weight is 524 g/mol. The van der Waals surface area contributed by atoms with Crippen LogP contribution in [0.4, 0.5) is 0 Å². The minimum Gasteiger partial charge on any atom is -0.344 e. The molecule has 12 heteroatoms. The number of alkyl halides is 4. The van der Waals surface area contributed by atoms with E-state index in [2.05, 4.69) is 0 Å². The number of hydrogen-bond acceptors (Lipinski definition) is 4. The van der Waals surface area contributed by atoms with Crippen LogP contribution in [0.2, 0.25) is 0 Å². The molecule has 0 aromatic rings. The second-order valence-corrected chi connectivity index (χ2v) is 10.3. The summed E-state index contributed by atoms with van der Waals surface area (Å²) in [6, 6.07) is 0. The Labute approximate surface area is 188 Å². The lowest BCUT2D eigenvalue weighted by atomic mass is 9.79. The summed E-state index contributed by atoms with van der Waals surface area (Å²) in [5, 5.41) is -0.351. The highest BCUT2D eigenvalue weighted by Gasteiger charge is 3.02. The van der Waals surface area contributed by atoms with Gasteiger partial charge in [0.1, 0.15) is 4.87 Å². The van der Waals surface area contributed by atoms with Crippen LogP contribution in [-0.4, -0.2) is 57.5 Å². The van der Waals surface area contributed by atoms with Crippen molar-refractivity contribution in [2.75, 3.05) is 26.4 Å². The zero-order valence-corrected chi connectivity index (χ0v) is 18.5. The maximum absolute atomic E-state index is 7.17. The Morgan fingerprint density at radius 3 is 1.50 bits per heavy atom. The lowest BCUT2D eigenvalue weighted by molar-refractivity contribution is -0.192. The maximum Gasteiger partial charge on any atom is 0.231 e. The van der Waals surface area contributed by atoms with Crippen molar-refractivity contribution in [3.8, 4) is 0 Å². The van der Waals surface area contributed by atoms with Crippen LogP contribution in [0.15, 0.2) is 20.1 Å². The van der Waals surface area contributed by atoms with E-state index in [1.807, 2.05) is 0 Å². The second-order valence-electron chi connectivity index (χ2n) is 6.52. The van der Waals surface area contributed by atoms with Gasteiger partial charge < -0.3 is 18.9 Å². The molecule has 0 radical (unpaired) electrons. The number of ether oxygens (including phenoxy) is 4. The molecule has 5 rings (SSSR count). The van der Waals surface area contributed by atoms with Crippen molar-refractivity contribution >= 4 is 92.8 Å². The summed E-state index contributed by atoms with van der Waals surface area (Å²) >= 11 is 54.5. The minimum atomic E-state index is -1.93. The van der Waals surface area contributed by atoms with Crippen molar-refractivity contribution in [3.63, 3.8) is 0 Å². The summed E-state index contributed by atoms with van der Waals surface area (Å²) in [5.74, 6) is -3.60. The third kappa shape index (κ3) is 1.39. The van der Waals surface area contributed by atoms with E-state index in [0.717, 1.165) is 0 Å². The van der Waals surface area contributed by atoms with Gasteiger partial charge >= 0.3 is 0 Å². The molecular weight excluding hydrogens is 516 g/mol. The van der Waals surface area contributed by atoms with E-state index >= 15 is 0 Å². The van der Waals surface area contributed by atoms with Gasteiger partial charge in [0.25, 0.3) is 0 Å². The summed E-state index contributed by atoms with van der Waals surface area (Å²) in [4.78, 5) is -7.60. The number of halogens is 8. The lowest BCUT2D eigenvalue weighted by Crippen LogP contribution is -2.69. The Morgan fingerprint density at radius 1 is 0.538 bits per heavy atom. The van der Waals surface area contributed by atoms with Crippen LogP contribution in [0, 0.1) is 0 Å². The fourth-order valence-corrected chi connectivity index (χ4v) is 9.39. The molecule has 3 fully saturated rings. The number of fused-ring (bicyclic) bond motifs is 4. The zero-order chi connectivity index (χ0) is 19.0. The molecule has 3 aliphatic carbocycles. The normalized spacial score (nSPS) is 50.8. The van der Waals surface area contributed by atoms with Gasteiger partial charge in [-0.2, -0.15) is 0 Å². The van der Waals surface area contributed by atoms with Crippen LogP contribution in [0.1, 0.15) is 0 Å². The number of rotatable bonds is 0. The van der Waals surface area contributed by atoms with Gasteiger partial charge in [0, 0.05) is 0 Å². The van der Waals surface area contributed by atoms with Crippen LogP contribution in [0.3, 0.4) is 0 Å². The standard InChI is InChI=1S/C14H8Cl8O4/c15-5-6(16)11(21)13(22)9(19,10(5,20)14(11)25-3-4-26-14)7(17)8(18)12(13)23-1-2-24-12/h1-4H2/t9-,10-,11-,13-/m1/s1. The SMILES string of the molecule is ClC1=C(Cl)[C@]2(Cl)[C@](Cl)(C13OCCO3)[C@]1(Cl)C(Cl)=C(Cl)[C@]2(Cl)C12OCCO2. The molecule has 5 aliphatic rings. The summed E-state index contributed by atoms with van der Waals surface area (Å²) in [5.41, 5.74) is 0. The van der Waals surface area contributed by atoms with Crippen LogP contribution in [0.5, 0.6) is 0 Å². The molecule has 2 bridgehead atoms. The smallest absolute Gasteiger partial charge is 0.231 e. The average Bonchev–Trinajstić information content (AvgIpc) is 3.37. The van der Waals surface area contributed by atoms with E-state index in [1.165, 1.54) is 0 Å². The third-order valence-corrected chi connectivity index (χ3v) is 11.4. The van der Waals surface area contributed by atoms with Crippen LogP contribution < -0.4 is 0 Å². The van der Waals surface area contributed by atoms with Gasteiger partial charge in [0.15, 0.2) is 14.6 Å². The second kappa shape index (κ2) is 5.27. The zero-order valence-electron chi connectivity index (χ0n) is 12.5. The first-order valence-corrected chi connectivity index (χ1v) is 10.5. The van der Waals surface area contributed by atoms with E-state index in [0.29, 0.717) is 0 Å². The highest BCUT2D eigenvalue weighted by Crippen LogP contribution is 2.87. The van der Waals surface area contributed by atoms with Crippen LogP contribution >= 0.6 is 92.8 Å². The number of allylic oxidation sites excluding steroid dienone is 1. The predicted molar refractivity (Wildman–Crippen MR) is 101 cm³/mol. The molecule has 0 aromatic heterocycles. The Kier molecular flexibility index (Phi) is 3.97. The van der Waals surface area contributed by atoms with Gasteiger partial charge in [0.2, 0.25) is 11.6 Å². The summed E-state index contributed by atoms with van der Waals surface area (Å²) in [6.07, 6.45) is 0. The predicted octanol–water partition coefficient (Wildman–Crippen LogP) is 4.80. The van der Waals surface area contributed by atoms with Crippen molar-refractivity contribution in [2.24, 2.45) is 0 Å². The van der Waals surface area contributed by atoms with Gasteiger partial charge in [0.05, 0.1) is 46.6 Å². The first-order chi connectivity index (χ1) is 12.0. The molecule has 0 N–H and O–H groups in total. The Balaban J connectivity index is 1.95. The molecule has 2 aliphatic heterocycles. The summed E-state index contributed by atoms with van der Waals surface area (Å²) < 4.78 is 23.4. The Morgan fingerprint density at radius 2 is 0.962 bits per heavy atom. The molecule has 4 nitrogen and oxygen atoms in total. The summed E-state index contributed by atoms with van der Waals surface area (Å²) in [6.45, 7) is 0.684. The van der Waals surface area contributed by atoms with Crippen molar-refractivity contribution in [1.29, 1.82) is 0 Å². The van der Waals surface area contributed by atoms with Crippen molar-refractivity contribution < 1.29 is 18.9 Å². The Hall–Kier alpha value is 1.64. The number of hydrogen-bond donors (Lipinski definition) is 0. The highest BCUT2D eigenvalue weighted by atomic mass is 35.5. The van der Waals surface area contributed by atoms with Gasteiger partial charge in [-0.1, -0.05) is 46.4 Å². The van der Waals surface area contributed by atoms with Crippen LogP contribution in [-0.2, 0) is 18.9 Å². The van der Waals surface area contributed by atoms with Gasteiger partial charge in [-0.3, -0.25) is 0 Å². The maximum atomic E-state index is 7.17. The van der Waals surface area contributed by atoms with E-state index in [-0.39, 0.29) is 46.6 Å². The quantitative estimate of drug-likeness (QED) is 0.428. The van der Waals surface area contributed by atoms with Crippen molar-refractivity contribution in [2.45, 2.75) is 31.1 Å². The fourth-order valence-electron chi connectivity index (χ4n) is 4.81. The van der Waals surface area contributed by atoms with E-state index in [4.69, 9.17) is 112 Å². The van der Waals surface area contributed by atoms with Gasteiger partial charge in [-0.05, 0) is 0 Å². The molecule has 0 unspecified atom stereocenters. The van der Waals surface area contributed by atoms with E-state index < -0.39 is 31.1 Å². The molecule has 2 spiro atoms. The minimum absolute atomic E-state index is 0.0691. The monoisotopic (exact) mass is 520 g/mol. The molecule has 2 heterocycles.